The lowest BCUT2D eigenvalue weighted by molar-refractivity contribution is -0.139. The fourth-order valence-electron chi connectivity index (χ4n) is 6.63. The molecule has 0 bridgehead atoms. The molecule has 3 aliphatic rings. The molecule has 206 valence electrons. The van der Waals surface area contributed by atoms with Gasteiger partial charge in [-0.05, 0) is 67.4 Å². The number of halogens is 2. The summed E-state index contributed by atoms with van der Waals surface area (Å²) < 4.78 is 1.07. The molecule has 5 nitrogen and oxygen atoms in total. The molecular formula is C31H41BrClN3O2. The second-order valence-corrected chi connectivity index (χ2v) is 12.8. The maximum Gasteiger partial charge on any atom is 0.229 e. The van der Waals surface area contributed by atoms with Gasteiger partial charge in [0.15, 0.2) is 0 Å². The Kier molecular flexibility index (Phi) is 9.59. The molecule has 3 aliphatic heterocycles. The number of nitrogens with zero attached hydrogens (tertiary/aromatic N) is 3. The predicted octanol–water partition coefficient (Wildman–Crippen LogP) is 5.97. The first-order valence-electron chi connectivity index (χ1n) is 13.9. The highest BCUT2D eigenvalue weighted by atomic mass is 79.9. The van der Waals surface area contributed by atoms with Crippen LogP contribution < -0.4 is 0 Å². The van der Waals surface area contributed by atoms with Gasteiger partial charge in [-0.2, -0.15) is 0 Å². The highest BCUT2D eigenvalue weighted by Crippen LogP contribution is 2.43. The first kappa shape index (κ1) is 29.1. The van der Waals surface area contributed by atoms with Crippen LogP contribution in [0.15, 0.2) is 59.1 Å². The Morgan fingerprint density at radius 1 is 0.974 bits per heavy atom. The quantitative estimate of drug-likeness (QED) is 0.392. The minimum Gasteiger partial charge on any atom is -0.342 e. The van der Waals surface area contributed by atoms with Crippen molar-refractivity contribution < 1.29 is 9.59 Å². The molecule has 0 radical (unpaired) electrons. The molecule has 3 heterocycles. The molecule has 5 rings (SSSR count). The van der Waals surface area contributed by atoms with Crippen molar-refractivity contribution in [3.8, 4) is 0 Å². The van der Waals surface area contributed by atoms with Gasteiger partial charge in [0.25, 0.3) is 0 Å². The van der Waals surface area contributed by atoms with Crippen LogP contribution in [0, 0.1) is 17.3 Å². The zero-order chi connectivity index (χ0) is 26.0. The van der Waals surface area contributed by atoms with E-state index in [0.717, 1.165) is 63.0 Å². The Morgan fingerprint density at radius 2 is 1.63 bits per heavy atom. The van der Waals surface area contributed by atoms with Gasteiger partial charge in [0, 0.05) is 49.5 Å². The summed E-state index contributed by atoms with van der Waals surface area (Å²) in [5.74, 6) is 1.83. The second-order valence-electron chi connectivity index (χ2n) is 11.9. The van der Waals surface area contributed by atoms with Gasteiger partial charge in [0.2, 0.25) is 11.8 Å². The lowest BCUT2D eigenvalue weighted by atomic mass is 9.76. The summed E-state index contributed by atoms with van der Waals surface area (Å²) in [4.78, 5) is 33.2. The predicted molar refractivity (Wildman–Crippen MR) is 158 cm³/mol. The molecule has 1 spiro atoms. The molecule has 0 aliphatic carbocycles. The van der Waals surface area contributed by atoms with Gasteiger partial charge in [0.05, 0.1) is 5.41 Å². The number of likely N-dealkylation sites (tertiary alicyclic amines) is 3. The molecule has 2 aromatic carbocycles. The fourth-order valence-corrected chi connectivity index (χ4v) is 6.89. The van der Waals surface area contributed by atoms with E-state index in [1.165, 1.54) is 11.1 Å². The summed E-state index contributed by atoms with van der Waals surface area (Å²) in [5, 5.41) is 0. The molecule has 2 atom stereocenters. The standard InChI is InChI=1S/C31H40BrN3O2.ClH/c1-23(2)18-29(36)35-21-26(28(22-35)25-6-4-3-5-7-25)20-33-15-12-31(13-16-33)14-17-34(30(31)37)19-24-8-10-27(32)11-9-24;/h3-11,23,26,28H,12-22H2,1-2H3;1H/t26-,28+;/m0./s1. The van der Waals surface area contributed by atoms with Gasteiger partial charge >= 0.3 is 0 Å². The van der Waals surface area contributed by atoms with E-state index in [-0.39, 0.29) is 17.8 Å². The molecule has 0 aromatic heterocycles. The lowest BCUT2D eigenvalue weighted by Crippen LogP contribution is -2.46. The normalized spacial score (nSPS) is 23.3. The van der Waals surface area contributed by atoms with Gasteiger partial charge in [-0.1, -0.05) is 72.2 Å². The zero-order valence-electron chi connectivity index (χ0n) is 22.7. The minimum atomic E-state index is -0.181. The van der Waals surface area contributed by atoms with Gasteiger partial charge in [-0.15, -0.1) is 12.4 Å². The first-order chi connectivity index (χ1) is 17.8. The van der Waals surface area contributed by atoms with Gasteiger partial charge in [-0.25, -0.2) is 0 Å². The Hall–Kier alpha value is -1.89. The number of carbonyl (C=O) groups is 2. The van der Waals surface area contributed by atoms with Crippen molar-refractivity contribution in [2.75, 3.05) is 39.3 Å². The van der Waals surface area contributed by atoms with E-state index in [0.29, 0.717) is 42.5 Å². The number of carbonyl (C=O) groups excluding carboxylic acids is 2. The highest BCUT2D eigenvalue weighted by Gasteiger charge is 2.48. The minimum absolute atomic E-state index is 0. The van der Waals surface area contributed by atoms with E-state index in [1.54, 1.807) is 0 Å². The summed E-state index contributed by atoms with van der Waals surface area (Å²) in [7, 11) is 0. The molecule has 0 N–H and O–H groups in total. The van der Waals surface area contributed by atoms with Crippen molar-refractivity contribution in [2.45, 2.75) is 52.0 Å². The average Bonchev–Trinajstić information content (AvgIpc) is 3.44. The van der Waals surface area contributed by atoms with Crippen molar-refractivity contribution in [1.29, 1.82) is 0 Å². The maximum atomic E-state index is 13.5. The Bertz CT molecular complexity index is 1090. The number of benzene rings is 2. The Labute approximate surface area is 242 Å². The van der Waals surface area contributed by atoms with Crippen molar-refractivity contribution in [1.82, 2.24) is 14.7 Å². The SMILES string of the molecule is CC(C)CC(=O)N1C[C@H](CN2CCC3(CC2)CCN(Cc2ccc(Br)cc2)C3=O)[C@@H](c2ccccc2)C1.Cl. The molecule has 7 heteroatoms. The molecule has 2 amide bonds. The lowest BCUT2D eigenvalue weighted by Gasteiger charge is -2.39. The smallest absolute Gasteiger partial charge is 0.229 e. The van der Waals surface area contributed by atoms with E-state index >= 15 is 0 Å². The van der Waals surface area contributed by atoms with Crippen molar-refractivity contribution in [3.63, 3.8) is 0 Å². The Balaban J connectivity index is 0.00000336. The average molecular weight is 603 g/mol. The number of hydrogen-bond donors (Lipinski definition) is 0. The second kappa shape index (κ2) is 12.5. The van der Waals surface area contributed by atoms with Crippen molar-refractivity contribution in [3.05, 3.63) is 70.2 Å². The monoisotopic (exact) mass is 601 g/mol. The number of piperidine rings is 1. The molecule has 0 saturated carbocycles. The van der Waals surface area contributed by atoms with Gasteiger partial charge in [0.1, 0.15) is 0 Å². The molecule has 3 saturated heterocycles. The maximum absolute atomic E-state index is 13.5. The fraction of sp³-hybridized carbons (Fsp3) is 0.548. The molecule has 2 aromatic rings. The topological polar surface area (TPSA) is 43.9 Å². The third-order valence-corrected chi connectivity index (χ3v) is 9.33. The third-order valence-electron chi connectivity index (χ3n) is 8.80. The van der Waals surface area contributed by atoms with Gasteiger partial charge in [-0.3, -0.25) is 9.59 Å². The number of rotatable bonds is 7. The van der Waals surface area contributed by atoms with Crippen LogP contribution in [0.2, 0.25) is 0 Å². The van der Waals surface area contributed by atoms with Crippen LogP contribution >= 0.6 is 28.3 Å². The Morgan fingerprint density at radius 3 is 2.29 bits per heavy atom. The van der Waals surface area contributed by atoms with Crippen LogP contribution in [0.25, 0.3) is 0 Å². The van der Waals surface area contributed by atoms with E-state index in [9.17, 15) is 9.59 Å². The zero-order valence-corrected chi connectivity index (χ0v) is 25.1. The van der Waals surface area contributed by atoms with E-state index in [4.69, 9.17) is 0 Å². The molecule has 0 unspecified atom stereocenters. The molecular weight excluding hydrogens is 562 g/mol. The van der Waals surface area contributed by atoms with Crippen molar-refractivity contribution in [2.24, 2.45) is 17.3 Å². The summed E-state index contributed by atoms with van der Waals surface area (Å²) in [5.41, 5.74) is 2.35. The first-order valence-corrected chi connectivity index (χ1v) is 14.7. The third kappa shape index (κ3) is 6.46. The number of hydrogen-bond acceptors (Lipinski definition) is 3. The summed E-state index contributed by atoms with van der Waals surface area (Å²) in [6, 6.07) is 19.0. The summed E-state index contributed by atoms with van der Waals surface area (Å²) in [6.45, 7) is 10.4. The van der Waals surface area contributed by atoms with Crippen molar-refractivity contribution >= 4 is 40.2 Å². The van der Waals surface area contributed by atoms with E-state index in [2.05, 4.69) is 86.9 Å². The van der Waals surface area contributed by atoms with Crippen LogP contribution in [0.4, 0.5) is 0 Å². The van der Waals surface area contributed by atoms with Gasteiger partial charge < -0.3 is 14.7 Å². The number of amides is 2. The molecule has 3 fully saturated rings. The largest absolute Gasteiger partial charge is 0.342 e. The van der Waals surface area contributed by atoms with Crippen LogP contribution in [0.3, 0.4) is 0 Å². The summed E-state index contributed by atoms with van der Waals surface area (Å²) in [6.07, 6.45) is 3.49. The van der Waals surface area contributed by atoms with Crippen LogP contribution in [-0.4, -0.2) is 65.8 Å². The van der Waals surface area contributed by atoms with Crippen LogP contribution in [0.5, 0.6) is 0 Å². The van der Waals surface area contributed by atoms with Crippen LogP contribution in [0.1, 0.15) is 56.6 Å². The summed E-state index contributed by atoms with van der Waals surface area (Å²) >= 11 is 3.50. The van der Waals surface area contributed by atoms with Crippen LogP contribution in [-0.2, 0) is 16.1 Å². The van der Waals surface area contributed by atoms with E-state index < -0.39 is 0 Å². The highest BCUT2D eigenvalue weighted by molar-refractivity contribution is 9.10. The van der Waals surface area contributed by atoms with E-state index in [1.807, 2.05) is 12.1 Å². The molecule has 38 heavy (non-hydrogen) atoms.